The molecular weight excluding hydrogens is 322 g/mol. The largest absolute Gasteiger partial charge is 0.508 e. The van der Waals surface area contributed by atoms with Gasteiger partial charge in [-0.25, -0.2) is 4.79 Å². The molecule has 0 heterocycles. The molecule has 0 aliphatic heterocycles. The highest BCUT2D eigenvalue weighted by Crippen LogP contribution is 2.26. The maximum Gasteiger partial charge on any atom is 0.342 e. The highest BCUT2D eigenvalue weighted by Gasteiger charge is 2.16. The molecule has 0 saturated heterocycles. The zero-order chi connectivity index (χ0) is 18.4. The number of carbonyl (C=O) groups is 2. The minimum absolute atomic E-state index is 0.120. The third-order valence-corrected chi connectivity index (χ3v) is 3.91. The molecule has 0 spiro atoms. The van der Waals surface area contributed by atoms with Crippen molar-refractivity contribution in [3.8, 4) is 11.5 Å². The first kappa shape index (κ1) is 18.3. The molecule has 0 aliphatic carbocycles. The van der Waals surface area contributed by atoms with E-state index in [9.17, 15) is 19.8 Å². The van der Waals surface area contributed by atoms with Crippen LogP contribution in [0.15, 0.2) is 42.5 Å². The van der Waals surface area contributed by atoms with Crippen molar-refractivity contribution in [1.82, 2.24) is 0 Å². The number of rotatable bonds is 6. The average molecular weight is 343 g/mol. The summed E-state index contributed by atoms with van der Waals surface area (Å²) in [5, 5.41) is 21.6. The molecule has 6 heteroatoms. The maximum absolute atomic E-state index is 12.1. The Morgan fingerprint density at radius 3 is 2.56 bits per heavy atom. The number of benzene rings is 2. The van der Waals surface area contributed by atoms with E-state index in [1.54, 1.807) is 6.07 Å². The van der Waals surface area contributed by atoms with Crippen molar-refractivity contribution in [2.45, 2.75) is 26.2 Å². The lowest BCUT2D eigenvalue weighted by Gasteiger charge is -2.15. The molecule has 0 unspecified atom stereocenters. The van der Waals surface area contributed by atoms with E-state index < -0.39 is 24.2 Å². The van der Waals surface area contributed by atoms with Gasteiger partial charge < -0.3 is 20.3 Å². The molecule has 6 nitrogen and oxygen atoms in total. The number of phenols is 2. The van der Waals surface area contributed by atoms with Crippen LogP contribution in [0.2, 0.25) is 0 Å². The summed E-state index contributed by atoms with van der Waals surface area (Å²) in [6, 6.07) is 11.0. The normalized spacial score (nSPS) is 11.6. The molecule has 0 fully saturated rings. The minimum Gasteiger partial charge on any atom is -0.508 e. The summed E-state index contributed by atoms with van der Waals surface area (Å²) < 4.78 is 4.92. The van der Waals surface area contributed by atoms with Crippen LogP contribution in [0.5, 0.6) is 11.5 Å². The maximum atomic E-state index is 12.1. The monoisotopic (exact) mass is 343 g/mol. The van der Waals surface area contributed by atoms with Gasteiger partial charge in [-0.05, 0) is 36.1 Å². The van der Waals surface area contributed by atoms with Crippen LogP contribution < -0.4 is 5.32 Å². The Kier molecular flexibility index (Phi) is 6.00. The summed E-state index contributed by atoms with van der Waals surface area (Å²) in [4.78, 5) is 24.0. The lowest BCUT2D eigenvalue weighted by Crippen LogP contribution is -2.21. The molecular formula is C19H21NO5. The fourth-order valence-electron chi connectivity index (χ4n) is 2.35. The lowest BCUT2D eigenvalue weighted by molar-refractivity contribution is -0.119. The van der Waals surface area contributed by atoms with Gasteiger partial charge in [0.1, 0.15) is 17.1 Å². The van der Waals surface area contributed by atoms with Gasteiger partial charge in [-0.3, -0.25) is 4.79 Å². The smallest absolute Gasteiger partial charge is 0.342 e. The second-order valence-electron chi connectivity index (χ2n) is 5.72. The van der Waals surface area contributed by atoms with Crippen LogP contribution in [-0.2, 0) is 9.53 Å². The van der Waals surface area contributed by atoms with Crippen LogP contribution in [0.3, 0.4) is 0 Å². The van der Waals surface area contributed by atoms with Crippen LogP contribution in [0, 0.1) is 0 Å². The number of hydrogen-bond acceptors (Lipinski definition) is 5. The van der Waals surface area contributed by atoms with Crippen LogP contribution in [-0.4, -0.2) is 28.7 Å². The number of hydrogen-bond donors (Lipinski definition) is 3. The van der Waals surface area contributed by atoms with Gasteiger partial charge in [-0.15, -0.1) is 0 Å². The summed E-state index contributed by atoms with van der Waals surface area (Å²) in [6.07, 6.45) is 0.933. The molecule has 2 rings (SSSR count). The van der Waals surface area contributed by atoms with Crippen LogP contribution >= 0.6 is 0 Å². The number of esters is 1. The molecule has 2 aromatic rings. The first-order valence-corrected chi connectivity index (χ1v) is 8.00. The van der Waals surface area contributed by atoms with E-state index in [0.717, 1.165) is 18.1 Å². The molecule has 0 aromatic heterocycles. The molecule has 1 amide bonds. The molecule has 3 N–H and O–H groups in total. The topological polar surface area (TPSA) is 95.9 Å². The Labute approximate surface area is 146 Å². The fourth-order valence-corrected chi connectivity index (χ4v) is 2.35. The molecule has 132 valence electrons. The Bertz CT molecular complexity index is 772. The van der Waals surface area contributed by atoms with Crippen molar-refractivity contribution in [1.29, 1.82) is 0 Å². The van der Waals surface area contributed by atoms with E-state index in [1.807, 2.05) is 18.2 Å². The number of ether oxygens (including phenoxy) is 1. The van der Waals surface area contributed by atoms with Gasteiger partial charge in [0.15, 0.2) is 6.61 Å². The van der Waals surface area contributed by atoms with Crippen molar-refractivity contribution >= 4 is 17.6 Å². The summed E-state index contributed by atoms with van der Waals surface area (Å²) in [7, 11) is 0. The van der Waals surface area contributed by atoms with E-state index in [2.05, 4.69) is 19.2 Å². The Balaban J connectivity index is 1.98. The Hall–Kier alpha value is -3.02. The van der Waals surface area contributed by atoms with Gasteiger partial charge in [0.25, 0.3) is 5.91 Å². The van der Waals surface area contributed by atoms with Gasteiger partial charge in [-0.1, -0.05) is 32.0 Å². The molecule has 25 heavy (non-hydrogen) atoms. The number of carbonyl (C=O) groups excluding carboxylic acids is 2. The Morgan fingerprint density at radius 2 is 1.88 bits per heavy atom. The second kappa shape index (κ2) is 8.19. The van der Waals surface area contributed by atoms with E-state index >= 15 is 0 Å². The molecule has 0 bridgehead atoms. The fraction of sp³-hybridized carbons (Fsp3) is 0.263. The van der Waals surface area contributed by atoms with Gasteiger partial charge in [0, 0.05) is 11.8 Å². The van der Waals surface area contributed by atoms with Crippen molar-refractivity contribution < 1.29 is 24.5 Å². The van der Waals surface area contributed by atoms with Crippen molar-refractivity contribution in [3.05, 3.63) is 53.6 Å². The first-order valence-electron chi connectivity index (χ1n) is 8.00. The highest BCUT2D eigenvalue weighted by atomic mass is 16.5. The zero-order valence-electron chi connectivity index (χ0n) is 14.2. The predicted molar refractivity (Wildman–Crippen MR) is 93.8 cm³/mol. The van der Waals surface area contributed by atoms with Crippen molar-refractivity contribution in [2.75, 3.05) is 11.9 Å². The van der Waals surface area contributed by atoms with Gasteiger partial charge in [0.05, 0.1) is 0 Å². The number of phenolic OH excluding ortho intramolecular Hbond substituents is 2. The summed E-state index contributed by atoms with van der Waals surface area (Å²) in [6.45, 7) is 3.65. The zero-order valence-corrected chi connectivity index (χ0v) is 14.2. The third-order valence-electron chi connectivity index (χ3n) is 3.91. The molecule has 1 atom stereocenters. The van der Waals surface area contributed by atoms with Crippen molar-refractivity contribution in [2.24, 2.45) is 0 Å². The summed E-state index contributed by atoms with van der Waals surface area (Å²) >= 11 is 0. The van der Waals surface area contributed by atoms with Crippen LogP contribution in [0.4, 0.5) is 5.69 Å². The highest BCUT2D eigenvalue weighted by molar-refractivity contribution is 5.97. The van der Waals surface area contributed by atoms with E-state index in [0.29, 0.717) is 5.69 Å². The summed E-state index contributed by atoms with van der Waals surface area (Å²) in [5.41, 5.74) is 1.58. The van der Waals surface area contributed by atoms with Crippen molar-refractivity contribution in [3.63, 3.8) is 0 Å². The average Bonchev–Trinajstić information content (AvgIpc) is 2.59. The second-order valence-corrected chi connectivity index (χ2v) is 5.72. The lowest BCUT2D eigenvalue weighted by atomic mass is 9.97. The number of anilines is 1. The van der Waals surface area contributed by atoms with Gasteiger partial charge in [-0.2, -0.15) is 0 Å². The first-order chi connectivity index (χ1) is 11.9. The molecule has 0 radical (unpaired) electrons. The van der Waals surface area contributed by atoms with Gasteiger partial charge >= 0.3 is 5.97 Å². The molecule has 2 aromatic carbocycles. The van der Waals surface area contributed by atoms with Crippen LogP contribution in [0.25, 0.3) is 0 Å². The van der Waals surface area contributed by atoms with Crippen LogP contribution in [0.1, 0.15) is 42.1 Å². The number of aromatic hydroxyl groups is 2. The summed E-state index contributed by atoms with van der Waals surface area (Å²) in [5.74, 6) is -1.61. The Morgan fingerprint density at radius 1 is 1.16 bits per heavy atom. The third kappa shape index (κ3) is 4.73. The van der Waals surface area contributed by atoms with E-state index in [1.165, 1.54) is 12.1 Å². The van der Waals surface area contributed by atoms with E-state index in [-0.39, 0.29) is 17.2 Å². The predicted octanol–water partition coefficient (Wildman–Crippen LogP) is 3.41. The van der Waals surface area contributed by atoms with E-state index in [4.69, 9.17) is 4.74 Å². The number of nitrogens with one attached hydrogen (secondary N) is 1. The standard InChI is InChI=1S/C19H21NO5/c1-3-12(2)14-6-4-5-7-16(14)20-18(23)11-25-19(24)15-9-8-13(21)10-17(15)22/h4-10,12,21-22H,3,11H2,1-2H3,(H,20,23)/t12-/m0/s1. The number of para-hydroxylation sites is 1. The number of amides is 1. The minimum atomic E-state index is -0.845. The van der Waals surface area contributed by atoms with Gasteiger partial charge in [0.2, 0.25) is 0 Å². The quantitative estimate of drug-likeness (QED) is 0.699. The molecule has 0 aliphatic rings. The molecule has 0 saturated carbocycles. The SMILES string of the molecule is CC[C@H](C)c1ccccc1NC(=O)COC(=O)c1ccc(O)cc1O.